The van der Waals surface area contributed by atoms with Crippen molar-refractivity contribution in [3.8, 4) is 0 Å². The fourth-order valence-corrected chi connectivity index (χ4v) is 3.33. The van der Waals surface area contributed by atoms with Crippen molar-refractivity contribution < 1.29 is 0 Å². The van der Waals surface area contributed by atoms with Gasteiger partial charge in [-0.1, -0.05) is 73.1 Å². The van der Waals surface area contributed by atoms with E-state index in [1.165, 1.54) is 57.8 Å². The highest BCUT2D eigenvalue weighted by atomic mass is 14.9. The molecule has 2 atom stereocenters. The number of nitrogens with one attached hydrogen (secondary N) is 1. The lowest BCUT2D eigenvalue weighted by Crippen LogP contribution is -2.38. The topological polar surface area (TPSA) is 12.0 Å². The normalized spacial score (nSPS) is 14.8. The molecule has 0 saturated carbocycles. The van der Waals surface area contributed by atoms with Gasteiger partial charge in [0.2, 0.25) is 0 Å². The average Bonchev–Trinajstić information content (AvgIpc) is 2.42. The highest BCUT2D eigenvalue weighted by molar-refractivity contribution is 4.79. The van der Waals surface area contributed by atoms with Gasteiger partial charge in [-0.3, -0.25) is 0 Å². The van der Waals surface area contributed by atoms with Gasteiger partial charge in [-0.05, 0) is 37.6 Å². The second kappa shape index (κ2) is 13.0. The first-order chi connectivity index (χ1) is 9.23. The minimum atomic E-state index is 0.756. The predicted octanol–water partition coefficient (Wildman–Crippen LogP) is 5.79. The molecule has 0 aromatic carbocycles. The Labute approximate surface area is 122 Å². The summed E-state index contributed by atoms with van der Waals surface area (Å²) in [5.74, 6) is 1.82. The standard InChI is InChI=1S/C18H39N/c1-6-11-14-16(9-4)15-18(19-10-5)17(12-7-2)13-8-3/h16-19H,6-15H2,1-5H3. The van der Waals surface area contributed by atoms with Crippen LogP contribution in [0.25, 0.3) is 0 Å². The molecule has 0 aliphatic heterocycles. The van der Waals surface area contributed by atoms with Crippen molar-refractivity contribution in [2.45, 2.75) is 98.4 Å². The lowest BCUT2D eigenvalue weighted by molar-refractivity contribution is 0.253. The van der Waals surface area contributed by atoms with Crippen LogP contribution in [0.15, 0.2) is 0 Å². The first-order valence-corrected chi connectivity index (χ1v) is 8.96. The van der Waals surface area contributed by atoms with Crippen LogP contribution in [0.1, 0.15) is 92.4 Å². The molecule has 0 saturated heterocycles. The number of hydrogen-bond acceptors (Lipinski definition) is 1. The summed E-state index contributed by atoms with van der Waals surface area (Å²) in [6.07, 6.45) is 12.4. The largest absolute Gasteiger partial charge is 0.314 e. The Balaban J connectivity index is 4.46. The van der Waals surface area contributed by atoms with Crippen molar-refractivity contribution in [1.29, 1.82) is 0 Å². The molecular weight excluding hydrogens is 230 g/mol. The van der Waals surface area contributed by atoms with Crippen molar-refractivity contribution in [1.82, 2.24) is 5.32 Å². The van der Waals surface area contributed by atoms with Crippen LogP contribution in [0, 0.1) is 11.8 Å². The third kappa shape index (κ3) is 8.68. The van der Waals surface area contributed by atoms with Crippen molar-refractivity contribution in [3.05, 3.63) is 0 Å². The SMILES string of the molecule is CCCCC(CC)CC(NCC)C(CCC)CCC. The summed E-state index contributed by atoms with van der Waals surface area (Å²) in [6.45, 7) is 12.7. The van der Waals surface area contributed by atoms with Crippen molar-refractivity contribution in [2.24, 2.45) is 11.8 Å². The highest BCUT2D eigenvalue weighted by Crippen LogP contribution is 2.26. The van der Waals surface area contributed by atoms with Crippen LogP contribution in [0.5, 0.6) is 0 Å². The molecule has 1 N–H and O–H groups in total. The fourth-order valence-electron chi connectivity index (χ4n) is 3.33. The molecule has 1 nitrogen and oxygen atoms in total. The molecule has 0 heterocycles. The van der Waals surface area contributed by atoms with Crippen LogP contribution >= 0.6 is 0 Å². The maximum atomic E-state index is 3.79. The van der Waals surface area contributed by atoms with Gasteiger partial charge in [0.05, 0.1) is 0 Å². The highest BCUT2D eigenvalue weighted by Gasteiger charge is 2.22. The van der Waals surface area contributed by atoms with E-state index in [0.29, 0.717) is 0 Å². The van der Waals surface area contributed by atoms with E-state index in [9.17, 15) is 0 Å². The second-order valence-electron chi connectivity index (χ2n) is 6.15. The van der Waals surface area contributed by atoms with E-state index >= 15 is 0 Å². The summed E-state index contributed by atoms with van der Waals surface area (Å²) in [5.41, 5.74) is 0. The van der Waals surface area contributed by atoms with Crippen LogP contribution in [0.4, 0.5) is 0 Å². The average molecular weight is 270 g/mol. The number of unbranched alkanes of at least 4 members (excludes halogenated alkanes) is 1. The quantitative estimate of drug-likeness (QED) is 0.446. The van der Waals surface area contributed by atoms with Gasteiger partial charge in [0.25, 0.3) is 0 Å². The zero-order valence-electron chi connectivity index (χ0n) is 14.3. The molecule has 1 heteroatoms. The maximum Gasteiger partial charge on any atom is 0.00978 e. The minimum absolute atomic E-state index is 0.756. The van der Waals surface area contributed by atoms with E-state index < -0.39 is 0 Å². The first kappa shape index (κ1) is 19.0. The predicted molar refractivity (Wildman–Crippen MR) is 88.7 cm³/mol. The molecule has 2 unspecified atom stereocenters. The zero-order chi connectivity index (χ0) is 14.5. The van der Waals surface area contributed by atoms with Gasteiger partial charge in [-0.15, -0.1) is 0 Å². The summed E-state index contributed by atoms with van der Waals surface area (Å²) in [4.78, 5) is 0. The minimum Gasteiger partial charge on any atom is -0.314 e. The van der Waals surface area contributed by atoms with Crippen LogP contribution < -0.4 is 5.32 Å². The van der Waals surface area contributed by atoms with E-state index in [0.717, 1.165) is 24.4 Å². The molecule has 0 bridgehead atoms. The van der Waals surface area contributed by atoms with Gasteiger partial charge in [-0.25, -0.2) is 0 Å². The van der Waals surface area contributed by atoms with E-state index in [-0.39, 0.29) is 0 Å². The van der Waals surface area contributed by atoms with Crippen molar-refractivity contribution >= 4 is 0 Å². The van der Waals surface area contributed by atoms with E-state index in [2.05, 4.69) is 39.9 Å². The van der Waals surface area contributed by atoms with Gasteiger partial charge in [-0.2, -0.15) is 0 Å². The Morgan fingerprint density at radius 1 is 0.789 bits per heavy atom. The van der Waals surface area contributed by atoms with E-state index in [1.54, 1.807) is 0 Å². The van der Waals surface area contributed by atoms with Crippen LogP contribution in [-0.4, -0.2) is 12.6 Å². The molecule has 0 aromatic heterocycles. The molecule has 0 rings (SSSR count). The van der Waals surface area contributed by atoms with Crippen molar-refractivity contribution in [3.63, 3.8) is 0 Å². The summed E-state index contributed by atoms with van der Waals surface area (Å²) in [6, 6.07) is 0.756. The van der Waals surface area contributed by atoms with E-state index in [1.807, 2.05) is 0 Å². The molecule has 116 valence electrons. The fraction of sp³-hybridized carbons (Fsp3) is 1.00. The molecule has 0 aliphatic carbocycles. The number of hydrogen-bond donors (Lipinski definition) is 1. The summed E-state index contributed by atoms with van der Waals surface area (Å²) in [5, 5.41) is 3.79. The monoisotopic (exact) mass is 269 g/mol. The van der Waals surface area contributed by atoms with Gasteiger partial charge in [0.1, 0.15) is 0 Å². The number of rotatable bonds is 13. The van der Waals surface area contributed by atoms with Gasteiger partial charge < -0.3 is 5.32 Å². The van der Waals surface area contributed by atoms with Crippen LogP contribution in [0.3, 0.4) is 0 Å². The lowest BCUT2D eigenvalue weighted by Gasteiger charge is -2.31. The van der Waals surface area contributed by atoms with E-state index in [4.69, 9.17) is 0 Å². The Bertz CT molecular complexity index is 173. The summed E-state index contributed by atoms with van der Waals surface area (Å²) in [7, 11) is 0. The maximum absolute atomic E-state index is 3.79. The first-order valence-electron chi connectivity index (χ1n) is 8.96. The second-order valence-corrected chi connectivity index (χ2v) is 6.15. The van der Waals surface area contributed by atoms with Crippen LogP contribution in [-0.2, 0) is 0 Å². The van der Waals surface area contributed by atoms with Gasteiger partial charge in [0, 0.05) is 6.04 Å². The Hall–Kier alpha value is -0.0400. The van der Waals surface area contributed by atoms with Crippen molar-refractivity contribution in [2.75, 3.05) is 6.54 Å². The Morgan fingerprint density at radius 3 is 1.84 bits per heavy atom. The molecule has 0 spiro atoms. The smallest absolute Gasteiger partial charge is 0.00978 e. The third-order valence-corrected chi connectivity index (χ3v) is 4.48. The van der Waals surface area contributed by atoms with Crippen LogP contribution in [0.2, 0.25) is 0 Å². The summed E-state index contributed by atoms with van der Waals surface area (Å²) < 4.78 is 0. The van der Waals surface area contributed by atoms with Gasteiger partial charge in [0.15, 0.2) is 0 Å². The van der Waals surface area contributed by atoms with Gasteiger partial charge >= 0.3 is 0 Å². The molecule has 0 amide bonds. The molecule has 0 aromatic rings. The molecule has 0 radical (unpaired) electrons. The third-order valence-electron chi connectivity index (χ3n) is 4.48. The lowest BCUT2D eigenvalue weighted by atomic mass is 9.82. The molecule has 19 heavy (non-hydrogen) atoms. The molecule has 0 aliphatic rings. The molecular formula is C18H39N. The Kier molecular flexibility index (Phi) is 12.9. The summed E-state index contributed by atoms with van der Waals surface area (Å²) >= 11 is 0. The zero-order valence-corrected chi connectivity index (χ0v) is 14.3. The molecule has 0 fully saturated rings. The Morgan fingerprint density at radius 2 is 1.42 bits per heavy atom.